The maximum absolute atomic E-state index is 11.8. The van der Waals surface area contributed by atoms with E-state index in [1.165, 1.54) is 51.4 Å². The van der Waals surface area contributed by atoms with E-state index in [1.54, 1.807) is 0 Å². The van der Waals surface area contributed by atoms with E-state index in [0.29, 0.717) is 12.5 Å². The van der Waals surface area contributed by atoms with Gasteiger partial charge in [-0.3, -0.25) is 4.79 Å². The first-order valence-corrected chi connectivity index (χ1v) is 11.2. The lowest BCUT2D eigenvalue weighted by Gasteiger charge is -2.11. The van der Waals surface area contributed by atoms with Crippen LogP contribution in [0.15, 0.2) is 48.6 Å². The predicted molar refractivity (Wildman–Crippen MR) is 119 cm³/mol. The summed E-state index contributed by atoms with van der Waals surface area (Å²) in [7, 11) is 0. The normalized spacial score (nSPS) is 15.9. The van der Waals surface area contributed by atoms with Gasteiger partial charge < -0.3 is 5.32 Å². The molecule has 1 N–H and O–H groups in total. The molecule has 0 radical (unpaired) electrons. The zero-order valence-corrected chi connectivity index (χ0v) is 17.5. The van der Waals surface area contributed by atoms with Crippen molar-refractivity contribution >= 4 is 5.91 Å². The van der Waals surface area contributed by atoms with Gasteiger partial charge in [0.25, 0.3) is 0 Å². The molecule has 0 saturated heterocycles. The summed E-state index contributed by atoms with van der Waals surface area (Å²) in [6, 6.07) is 0.453. The fraction of sp³-hybridized carbons (Fsp3) is 0.640. The number of hydrogen-bond acceptors (Lipinski definition) is 1. The Kier molecular flexibility index (Phi) is 15.5. The van der Waals surface area contributed by atoms with Crippen LogP contribution >= 0.6 is 0 Å². The molecule has 0 bridgehead atoms. The molecule has 0 aromatic heterocycles. The molecule has 0 spiro atoms. The number of carbonyl (C=O) groups excluding carboxylic acids is 1. The summed E-state index contributed by atoms with van der Waals surface area (Å²) in [4.78, 5) is 11.8. The largest absolute Gasteiger partial charge is 0.353 e. The number of carbonyl (C=O) groups is 1. The maximum atomic E-state index is 11.8. The van der Waals surface area contributed by atoms with Crippen LogP contribution in [0, 0.1) is 0 Å². The highest BCUT2D eigenvalue weighted by atomic mass is 16.1. The van der Waals surface area contributed by atoms with Gasteiger partial charge in [0.1, 0.15) is 0 Å². The predicted octanol–water partition coefficient (Wildman–Crippen LogP) is 7.19. The third kappa shape index (κ3) is 15.2. The van der Waals surface area contributed by atoms with Gasteiger partial charge in [-0.25, -0.2) is 0 Å². The number of allylic oxidation sites excluding steroid dienone is 8. The number of nitrogens with one attached hydrogen (secondary N) is 1. The highest BCUT2D eigenvalue weighted by Gasteiger charge is 2.16. The monoisotopic (exact) mass is 371 g/mol. The standard InChI is InChI=1S/C25H41NO/c1-2-3-4-5-6-7-8-9-10-11-12-13-14-15-16-17-18-23-25(27)26-24-21-19-20-22-24/h6-7,9-10,12-13,15-16,24H,2-5,8,11,14,17-23H2,1H3,(H,26,27)/b7-6-,10-9-,13-12-,16-15-. The van der Waals surface area contributed by atoms with Crippen molar-refractivity contribution in [2.75, 3.05) is 0 Å². The molecule has 1 aliphatic carbocycles. The van der Waals surface area contributed by atoms with Crippen LogP contribution < -0.4 is 5.32 Å². The van der Waals surface area contributed by atoms with Gasteiger partial charge in [-0.15, -0.1) is 0 Å². The van der Waals surface area contributed by atoms with E-state index >= 15 is 0 Å². The second-order valence-electron chi connectivity index (χ2n) is 7.53. The van der Waals surface area contributed by atoms with E-state index in [4.69, 9.17) is 0 Å². The molecule has 1 fully saturated rings. The van der Waals surface area contributed by atoms with Crippen LogP contribution in [0.1, 0.15) is 96.8 Å². The molecule has 0 heterocycles. The molecular weight excluding hydrogens is 330 g/mol. The lowest BCUT2D eigenvalue weighted by molar-refractivity contribution is -0.121. The lowest BCUT2D eigenvalue weighted by Crippen LogP contribution is -2.32. The van der Waals surface area contributed by atoms with Crippen LogP contribution in [-0.4, -0.2) is 11.9 Å². The van der Waals surface area contributed by atoms with Gasteiger partial charge in [-0.05, 0) is 57.8 Å². The van der Waals surface area contributed by atoms with E-state index < -0.39 is 0 Å². The second-order valence-corrected chi connectivity index (χ2v) is 7.53. The average molecular weight is 372 g/mol. The average Bonchev–Trinajstić information content (AvgIpc) is 3.17. The van der Waals surface area contributed by atoms with Gasteiger partial charge in [0.2, 0.25) is 5.91 Å². The molecule has 27 heavy (non-hydrogen) atoms. The molecule has 2 nitrogen and oxygen atoms in total. The molecule has 1 amide bonds. The first kappa shape index (κ1) is 23.5. The summed E-state index contributed by atoms with van der Waals surface area (Å²) in [5.74, 6) is 0.234. The molecule has 0 aromatic carbocycles. The maximum Gasteiger partial charge on any atom is 0.220 e. The summed E-state index contributed by atoms with van der Waals surface area (Å²) >= 11 is 0. The molecule has 0 aromatic rings. The van der Waals surface area contributed by atoms with Crippen LogP contribution in [-0.2, 0) is 4.79 Å². The molecule has 0 unspecified atom stereocenters. The number of unbranched alkanes of at least 4 members (excludes halogenated alkanes) is 4. The van der Waals surface area contributed by atoms with Crippen LogP contribution in [0.2, 0.25) is 0 Å². The van der Waals surface area contributed by atoms with E-state index in [9.17, 15) is 4.79 Å². The minimum atomic E-state index is 0.234. The fourth-order valence-corrected chi connectivity index (χ4v) is 3.31. The van der Waals surface area contributed by atoms with E-state index in [0.717, 1.165) is 32.1 Å². The number of rotatable bonds is 15. The topological polar surface area (TPSA) is 29.1 Å². The van der Waals surface area contributed by atoms with Crippen molar-refractivity contribution in [3.05, 3.63) is 48.6 Å². The van der Waals surface area contributed by atoms with Crippen molar-refractivity contribution in [2.24, 2.45) is 0 Å². The number of hydrogen-bond donors (Lipinski definition) is 1. The molecule has 1 aliphatic rings. The molecule has 1 saturated carbocycles. The van der Waals surface area contributed by atoms with Gasteiger partial charge in [-0.1, -0.05) is 81.2 Å². The van der Waals surface area contributed by atoms with Crippen molar-refractivity contribution < 1.29 is 4.79 Å². The molecular formula is C25H41NO. The summed E-state index contributed by atoms with van der Waals surface area (Å²) in [6.07, 6.45) is 33.6. The van der Waals surface area contributed by atoms with Crippen LogP contribution in [0.3, 0.4) is 0 Å². The van der Waals surface area contributed by atoms with Crippen LogP contribution in [0.5, 0.6) is 0 Å². The third-order valence-corrected chi connectivity index (χ3v) is 4.95. The minimum Gasteiger partial charge on any atom is -0.353 e. The summed E-state index contributed by atoms with van der Waals surface area (Å²) in [5, 5.41) is 3.15. The fourth-order valence-electron chi connectivity index (χ4n) is 3.31. The summed E-state index contributed by atoms with van der Waals surface area (Å²) in [5.41, 5.74) is 0. The molecule has 0 aliphatic heterocycles. The molecule has 0 atom stereocenters. The van der Waals surface area contributed by atoms with Crippen LogP contribution in [0.25, 0.3) is 0 Å². The molecule has 152 valence electrons. The zero-order chi connectivity index (χ0) is 19.4. The van der Waals surface area contributed by atoms with Crippen molar-refractivity contribution in [1.29, 1.82) is 0 Å². The first-order chi connectivity index (χ1) is 13.3. The Morgan fingerprint density at radius 1 is 0.778 bits per heavy atom. The van der Waals surface area contributed by atoms with Gasteiger partial charge in [-0.2, -0.15) is 0 Å². The Hall–Kier alpha value is -1.57. The Labute approximate surface area is 167 Å². The Bertz CT molecular complexity index is 467. The molecule has 1 rings (SSSR count). The SMILES string of the molecule is CCCCC/C=C\C/C=C\C/C=C\C/C=C\CCCC(=O)NC1CCCC1. The summed E-state index contributed by atoms with van der Waals surface area (Å²) in [6.45, 7) is 2.24. The highest BCUT2D eigenvalue weighted by molar-refractivity contribution is 5.76. The Morgan fingerprint density at radius 3 is 1.85 bits per heavy atom. The van der Waals surface area contributed by atoms with Gasteiger partial charge in [0, 0.05) is 12.5 Å². The summed E-state index contributed by atoms with van der Waals surface area (Å²) < 4.78 is 0. The smallest absolute Gasteiger partial charge is 0.220 e. The second kappa shape index (κ2) is 17.8. The van der Waals surface area contributed by atoms with Crippen molar-refractivity contribution in [2.45, 2.75) is 103 Å². The van der Waals surface area contributed by atoms with Gasteiger partial charge in [0.05, 0.1) is 0 Å². The third-order valence-electron chi connectivity index (χ3n) is 4.95. The lowest BCUT2D eigenvalue weighted by atomic mass is 10.2. The van der Waals surface area contributed by atoms with Crippen molar-refractivity contribution in [3.8, 4) is 0 Å². The highest BCUT2D eigenvalue weighted by Crippen LogP contribution is 2.17. The molecule has 2 heteroatoms. The number of amides is 1. The van der Waals surface area contributed by atoms with E-state index in [1.807, 2.05) is 0 Å². The van der Waals surface area contributed by atoms with Crippen molar-refractivity contribution in [1.82, 2.24) is 5.32 Å². The van der Waals surface area contributed by atoms with E-state index in [2.05, 4.69) is 60.8 Å². The Balaban J connectivity index is 1.89. The first-order valence-electron chi connectivity index (χ1n) is 11.2. The zero-order valence-electron chi connectivity index (χ0n) is 17.5. The Morgan fingerprint density at radius 2 is 1.30 bits per heavy atom. The van der Waals surface area contributed by atoms with Crippen molar-refractivity contribution in [3.63, 3.8) is 0 Å². The van der Waals surface area contributed by atoms with Gasteiger partial charge in [0.15, 0.2) is 0 Å². The quantitative estimate of drug-likeness (QED) is 0.239. The van der Waals surface area contributed by atoms with Crippen LogP contribution in [0.4, 0.5) is 0 Å². The minimum absolute atomic E-state index is 0.234. The van der Waals surface area contributed by atoms with E-state index in [-0.39, 0.29) is 5.91 Å². The van der Waals surface area contributed by atoms with Gasteiger partial charge >= 0.3 is 0 Å².